The third kappa shape index (κ3) is 15.9. The first-order valence-corrected chi connectivity index (χ1v) is 30.9. The van der Waals surface area contributed by atoms with E-state index in [4.69, 9.17) is 20.0 Å². The maximum absolute atomic E-state index is 13.8. The molecule has 1 radical (unpaired) electrons. The smallest absolute Gasteiger partial charge is 0.660 e. The van der Waals surface area contributed by atoms with Crippen molar-refractivity contribution in [1.82, 2.24) is 29.6 Å². The zero-order valence-corrected chi connectivity index (χ0v) is 57.5. The number of allylic oxidation sites excluding steroid dienone is 2. The number of hydrogen-bond acceptors (Lipinski definition) is 14. The number of carbonyl (C=O) groups is 4. The van der Waals surface area contributed by atoms with Gasteiger partial charge in [-0.3, -0.25) is 69.6 Å². The Morgan fingerprint density at radius 2 is 0.616 bits per heavy atom. The van der Waals surface area contributed by atoms with E-state index in [1.54, 1.807) is 124 Å². The van der Waals surface area contributed by atoms with Gasteiger partial charge in [0.25, 0.3) is 46.4 Å². The molecule has 25 heteroatoms. The second-order valence-electron chi connectivity index (χ2n) is 24.0. The molecule has 99 heavy (non-hydrogen) atoms. The number of carbonyl (C=O) groups excluding carboxylic acids is 4. The number of likely N-dealkylation sites (N-methyl/N-ethyl adjacent to an activating group) is 2. The van der Waals surface area contributed by atoms with Crippen LogP contribution in [0.2, 0.25) is 0 Å². The summed E-state index contributed by atoms with van der Waals surface area (Å²) in [7, 11) is 6.70. The van der Waals surface area contributed by atoms with Gasteiger partial charge in [0, 0.05) is 114 Å². The van der Waals surface area contributed by atoms with Crippen molar-refractivity contribution in [2.45, 2.75) is 81.6 Å². The molecular formula is C74H70CoN12O12. The molecule has 0 saturated carbocycles. The van der Waals surface area contributed by atoms with Crippen LogP contribution < -0.4 is 9.97 Å². The second-order valence-corrected chi connectivity index (χ2v) is 24.0. The standard InChI is InChI=1S/2C37H36N6O6.Co/c2*1-22-31(36(44)40(5)20-26-12-16-29(17-13-26)42(46)47)24(3)38-34(22)33(28-10-8-7-9-11-28)35-23(2)32(25(4)39-35)37(45)41(6)21-27-14-18-30(19-15-27)43(48)49;/h2*7-19H,20-21H2,1-6H3,(H,38,39,44,45);/q;;+2/p-2. The predicted molar refractivity (Wildman–Crippen MR) is 372 cm³/mol. The molecule has 2 aromatic heterocycles. The number of nitro groups is 4. The predicted octanol–water partition coefficient (Wildman–Crippen LogP) is 13.1. The van der Waals surface area contributed by atoms with E-state index in [2.05, 4.69) is 0 Å². The van der Waals surface area contributed by atoms with Crippen molar-refractivity contribution in [1.29, 1.82) is 0 Å². The van der Waals surface area contributed by atoms with Crippen LogP contribution in [0.15, 0.2) is 201 Å². The van der Waals surface area contributed by atoms with Crippen molar-refractivity contribution in [2.75, 3.05) is 28.2 Å². The van der Waals surface area contributed by atoms with Crippen LogP contribution in [0.3, 0.4) is 0 Å². The normalized spacial score (nSPS) is 13.5. The molecule has 6 aromatic carbocycles. The molecule has 0 spiro atoms. The molecule has 0 unspecified atom stereocenters. The van der Waals surface area contributed by atoms with E-state index in [9.17, 15) is 59.6 Å². The van der Waals surface area contributed by atoms with E-state index >= 15 is 0 Å². The Hall–Kier alpha value is -11.8. The Bertz CT molecular complexity index is 4420. The summed E-state index contributed by atoms with van der Waals surface area (Å²) >= 11 is 0. The molecule has 4 heterocycles. The first-order valence-electron chi connectivity index (χ1n) is 30.9. The quantitative estimate of drug-likeness (QED) is 0.0506. The van der Waals surface area contributed by atoms with Crippen molar-refractivity contribution in [3.05, 3.63) is 310 Å². The van der Waals surface area contributed by atoms with Crippen LogP contribution in [-0.2, 0) is 52.5 Å². The van der Waals surface area contributed by atoms with Gasteiger partial charge in [0.2, 0.25) is 0 Å². The minimum Gasteiger partial charge on any atom is -0.660 e. The first-order chi connectivity index (χ1) is 46.6. The van der Waals surface area contributed by atoms with E-state index in [0.717, 1.165) is 33.4 Å². The first kappa shape index (κ1) is 73.0. The molecule has 10 rings (SSSR count). The van der Waals surface area contributed by atoms with Gasteiger partial charge >= 0.3 is 16.8 Å². The largest absolute Gasteiger partial charge is 2.00 e. The number of aromatic nitrogens is 2. The number of rotatable bonds is 20. The Kier molecular flexibility index (Phi) is 22.8. The molecule has 4 amide bonds. The number of nitrogens with zero attached hydrogens (tertiary/aromatic N) is 12. The minimum absolute atomic E-state index is 0. The molecule has 0 bridgehead atoms. The van der Waals surface area contributed by atoms with E-state index in [-0.39, 0.29) is 89.3 Å². The minimum atomic E-state index is -0.465. The number of aryl methyl sites for hydroxylation is 2. The van der Waals surface area contributed by atoms with E-state index in [1.165, 1.54) is 48.5 Å². The van der Waals surface area contributed by atoms with Gasteiger partial charge in [-0.25, -0.2) is 0 Å². The number of nitro benzene ring substituents is 4. The molecule has 0 N–H and O–H groups in total. The summed E-state index contributed by atoms with van der Waals surface area (Å²) in [5, 5.41) is 44.2. The molecule has 0 aliphatic carbocycles. The maximum atomic E-state index is 13.8. The van der Waals surface area contributed by atoms with Crippen molar-refractivity contribution in [3.8, 4) is 0 Å². The molecule has 8 aromatic rings. The Balaban J connectivity index is 0.000000250. The van der Waals surface area contributed by atoms with Gasteiger partial charge in [-0.1, -0.05) is 134 Å². The summed E-state index contributed by atoms with van der Waals surface area (Å²) < 4.78 is 0. The molecule has 2 aliphatic rings. The molecule has 0 atom stereocenters. The Labute approximate surface area is 581 Å². The average Bonchev–Trinajstić information content (AvgIpc) is 1.62. The van der Waals surface area contributed by atoms with Gasteiger partial charge in [0.1, 0.15) is 0 Å². The van der Waals surface area contributed by atoms with Crippen LogP contribution in [0.1, 0.15) is 116 Å². The average molecular weight is 1380 g/mol. The van der Waals surface area contributed by atoms with Crippen LogP contribution in [0.4, 0.5) is 22.7 Å². The SMILES string of the molecule is CC1=N/C(=C(/c2ccccc2)c2[n-]c(C)c(C(=O)N(C)Cc3ccc([N+](=O)[O-])cc3)c2C)C(C)=C1C(=O)N(C)Cc1ccc([N+](=O)[O-])cc1.CC1=N/C(=C(/c2ccccc2)c2[n-]c(C)c(C(=O)N(C)Cc3ccc([N+](=O)[O-])cc3)c2C)C(C)=C1C(=O)N(C)Cc1ccc([N+](=O)[O-])cc1.[Co+2]. The molecule has 24 nitrogen and oxygen atoms in total. The number of hydrogen-bond donors (Lipinski definition) is 0. The fourth-order valence-corrected chi connectivity index (χ4v) is 12.0. The Morgan fingerprint density at radius 1 is 0.374 bits per heavy atom. The van der Waals surface area contributed by atoms with E-state index in [1.807, 2.05) is 88.4 Å². The molecule has 507 valence electrons. The van der Waals surface area contributed by atoms with E-state index in [0.29, 0.717) is 101 Å². The van der Waals surface area contributed by atoms with Crippen molar-refractivity contribution in [2.24, 2.45) is 9.98 Å². The fourth-order valence-electron chi connectivity index (χ4n) is 12.0. The Morgan fingerprint density at radius 3 is 0.859 bits per heavy atom. The summed E-state index contributed by atoms with van der Waals surface area (Å²) in [6.45, 7) is 15.5. The van der Waals surface area contributed by atoms with Crippen LogP contribution in [0.25, 0.3) is 11.1 Å². The number of non-ortho nitro benzene ring substituents is 4. The van der Waals surface area contributed by atoms with Crippen molar-refractivity contribution in [3.63, 3.8) is 0 Å². The molecule has 2 aliphatic heterocycles. The number of amides is 4. The summed E-state index contributed by atoms with van der Waals surface area (Å²) in [6, 6.07) is 43.5. The third-order valence-electron chi connectivity index (χ3n) is 17.1. The third-order valence-corrected chi connectivity index (χ3v) is 17.1. The van der Waals surface area contributed by atoms with Gasteiger partial charge in [-0.2, -0.15) is 0 Å². The molecular weight excluding hydrogens is 1310 g/mol. The zero-order chi connectivity index (χ0) is 71.1. The van der Waals surface area contributed by atoms with Crippen LogP contribution in [0.5, 0.6) is 0 Å². The van der Waals surface area contributed by atoms with Gasteiger partial charge in [-0.15, -0.1) is 22.8 Å². The van der Waals surface area contributed by atoms with Crippen LogP contribution in [-0.4, -0.2) is 103 Å². The second kappa shape index (κ2) is 30.9. The summed E-state index contributed by atoms with van der Waals surface area (Å²) in [5.41, 5.74) is 14.9. The summed E-state index contributed by atoms with van der Waals surface area (Å²) in [6.07, 6.45) is 0. The van der Waals surface area contributed by atoms with Crippen molar-refractivity contribution >= 4 is 68.9 Å². The molecule has 0 saturated heterocycles. The fraction of sp³-hybridized carbons (Fsp3) is 0.216. The topological polar surface area (TPSA) is 307 Å². The monoisotopic (exact) mass is 1380 g/mol. The van der Waals surface area contributed by atoms with Gasteiger partial charge in [-0.05, 0) is 97.2 Å². The van der Waals surface area contributed by atoms with E-state index < -0.39 is 19.7 Å². The van der Waals surface area contributed by atoms with Gasteiger partial charge in [0.05, 0.1) is 53.7 Å². The summed E-state index contributed by atoms with van der Waals surface area (Å²) in [5.74, 6) is -0.975. The van der Waals surface area contributed by atoms with Crippen molar-refractivity contribution < 1.29 is 55.7 Å². The van der Waals surface area contributed by atoms with Crippen LogP contribution in [0, 0.1) is 68.2 Å². The maximum Gasteiger partial charge on any atom is 2.00 e. The number of benzene rings is 6. The molecule has 0 fully saturated rings. The number of aliphatic imine (C=N–C) groups is 2. The van der Waals surface area contributed by atoms with Crippen LogP contribution >= 0.6 is 0 Å². The van der Waals surface area contributed by atoms with Gasteiger partial charge < -0.3 is 29.6 Å². The zero-order valence-electron chi connectivity index (χ0n) is 56.4. The summed E-state index contributed by atoms with van der Waals surface area (Å²) in [4.78, 5) is 124. The van der Waals surface area contributed by atoms with Gasteiger partial charge in [0.15, 0.2) is 0 Å².